The zero-order chi connectivity index (χ0) is 22.4. The van der Waals surface area contributed by atoms with Crippen LogP contribution in [0.2, 0.25) is 0 Å². The van der Waals surface area contributed by atoms with E-state index in [0.717, 1.165) is 24.5 Å². The Labute approximate surface area is 185 Å². The number of hydrogen-bond donors (Lipinski definition) is 0. The van der Waals surface area contributed by atoms with Crippen molar-refractivity contribution in [2.24, 2.45) is 5.92 Å². The molecule has 3 aromatic rings. The predicted octanol–water partition coefficient (Wildman–Crippen LogP) is 1.92. The van der Waals surface area contributed by atoms with Crippen LogP contribution in [0.25, 0.3) is 5.69 Å². The highest BCUT2D eigenvalue weighted by molar-refractivity contribution is 5.98. The first-order valence-electron chi connectivity index (χ1n) is 10.7. The van der Waals surface area contributed by atoms with Gasteiger partial charge in [0.25, 0.3) is 5.91 Å². The number of aryl methyl sites for hydroxylation is 1. The van der Waals surface area contributed by atoms with E-state index in [9.17, 15) is 9.18 Å². The van der Waals surface area contributed by atoms with Gasteiger partial charge in [-0.05, 0) is 25.5 Å². The number of halogens is 1. The molecule has 0 radical (unpaired) electrons. The molecule has 5 rings (SSSR count). The van der Waals surface area contributed by atoms with E-state index < -0.39 is 5.82 Å². The summed E-state index contributed by atoms with van der Waals surface area (Å²) in [5.41, 5.74) is 1.24. The first-order valence-corrected chi connectivity index (χ1v) is 10.7. The summed E-state index contributed by atoms with van der Waals surface area (Å²) in [5, 5.41) is 8.16. The van der Waals surface area contributed by atoms with Crippen LogP contribution in [0.3, 0.4) is 0 Å². The molecule has 1 aromatic carbocycles. The Hall–Kier alpha value is -3.56. The van der Waals surface area contributed by atoms with E-state index in [4.69, 9.17) is 4.98 Å². The molecule has 4 heterocycles. The second-order valence-corrected chi connectivity index (χ2v) is 8.53. The van der Waals surface area contributed by atoms with Gasteiger partial charge in [-0.25, -0.2) is 9.37 Å². The lowest BCUT2D eigenvalue weighted by Crippen LogP contribution is -2.65. The van der Waals surface area contributed by atoms with E-state index in [1.54, 1.807) is 17.0 Å². The lowest BCUT2D eigenvalue weighted by molar-refractivity contribution is 0.0586. The Kier molecular flexibility index (Phi) is 4.99. The Morgan fingerprint density at radius 3 is 2.69 bits per heavy atom. The summed E-state index contributed by atoms with van der Waals surface area (Å²) in [6, 6.07) is 6.64. The maximum Gasteiger partial charge on any atom is 0.259 e. The molecule has 0 bridgehead atoms. The lowest BCUT2D eigenvalue weighted by Gasteiger charge is -2.54. The number of fused-ring (bicyclic) bond motifs is 1. The third-order valence-electron chi connectivity index (χ3n) is 6.20. The van der Waals surface area contributed by atoms with Crippen molar-refractivity contribution in [2.45, 2.75) is 19.4 Å². The fourth-order valence-electron chi connectivity index (χ4n) is 4.52. The van der Waals surface area contributed by atoms with Gasteiger partial charge >= 0.3 is 0 Å². The van der Waals surface area contributed by atoms with Crippen molar-refractivity contribution in [1.29, 1.82) is 0 Å². The molecule has 0 unspecified atom stereocenters. The topological polar surface area (TPSA) is 83.3 Å². The minimum atomic E-state index is -0.570. The van der Waals surface area contributed by atoms with E-state index in [2.05, 4.69) is 20.1 Å². The van der Waals surface area contributed by atoms with Crippen LogP contribution in [0.5, 0.6) is 0 Å². The van der Waals surface area contributed by atoms with E-state index >= 15 is 0 Å². The normalized spacial score (nSPS) is 20.0. The molecule has 2 aliphatic rings. The number of aromatic nitrogens is 5. The molecule has 0 saturated carbocycles. The van der Waals surface area contributed by atoms with Crippen LogP contribution in [0, 0.1) is 18.7 Å². The number of amides is 1. The quantitative estimate of drug-likeness (QED) is 0.618. The summed E-state index contributed by atoms with van der Waals surface area (Å²) in [6.07, 6.45) is 3.88. The number of rotatable bonds is 4. The van der Waals surface area contributed by atoms with Gasteiger partial charge in [-0.2, -0.15) is 20.0 Å². The minimum absolute atomic E-state index is 0.000739. The van der Waals surface area contributed by atoms with Gasteiger partial charge in [0.05, 0.1) is 18.4 Å². The third-order valence-corrected chi connectivity index (χ3v) is 6.20. The van der Waals surface area contributed by atoms with Crippen molar-refractivity contribution in [1.82, 2.24) is 29.9 Å². The number of carbonyl (C=O) groups is 1. The number of benzene rings is 1. The molecule has 2 saturated heterocycles. The molecule has 2 fully saturated rings. The highest BCUT2D eigenvalue weighted by Crippen LogP contribution is 2.37. The molecular weight excluding hydrogens is 411 g/mol. The highest BCUT2D eigenvalue weighted by atomic mass is 19.1. The maximum atomic E-state index is 14.8. The monoisotopic (exact) mass is 436 g/mol. The van der Waals surface area contributed by atoms with E-state index in [0.29, 0.717) is 30.6 Å². The van der Waals surface area contributed by atoms with Gasteiger partial charge in [-0.15, -0.1) is 0 Å². The number of nitrogens with zero attached hydrogens (tertiary/aromatic N) is 8. The van der Waals surface area contributed by atoms with Gasteiger partial charge in [0, 0.05) is 51.4 Å². The Morgan fingerprint density at radius 1 is 1.16 bits per heavy atom. The molecule has 32 heavy (non-hydrogen) atoms. The van der Waals surface area contributed by atoms with Gasteiger partial charge in [-0.1, -0.05) is 6.07 Å². The molecule has 10 heteroatoms. The minimum Gasteiger partial charge on any atom is -0.351 e. The molecule has 2 aromatic heterocycles. The van der Waals surface area contributed by atoms with Crippen LogP contribution >= 0.6 is 0 Å². The second-order valence-electron chi connectivity index (χ2n) is 8.53. The SMILES string of the molecule is Cc1cc(N2C[C@@H]3CCN(C(=O)c4c(F)cccc4-n4nccn4)C[C@@H]32)nc(N(C)C)n1. The average molecular weight is 436 g/mol. The summed E-state index contributed by atoms with van der Waals surface area (Å²) < 4.78 is 14.8. The van der Waals surface area contributed by atoms with Gasteiger partial charge in [0.15, 0.2) is 0 Å². The van der Waals surface area contributed by atoms with Crippen molar-refractivity contribution < 1.29 is 9.18 Å². The van der Waals surface area contributed by atoms with E-state index in [1.165, 1.54) is 23.3 Å². The van der Waals surface area contributed by atoms with Crippen LogP contribution in [-0.4, -0.2) is 75.5 Å². The number of hydrogen-bond acceptors (Lipinski definition) is 7. The van der Waals surface area contributed by atoms with Gasteiger partial charge in [0.2, 0.25) is 5.95 Å². The van der Waals surface area contributed by atoms with Gasteiger partial charge in [0.1, 0.15) is 22.9 Å². The second kappa shape index (κ2) is 7.85. The molecule has 2 atom stereocenters. The molecule has 166 valence electrons. The van der Waals surface area contributed by atoms with Gasteiger partial charge < -0.3 is 14.7 Å². The van der Waals surface area contributed by atoms with Gasteiger partial charge in [-0.3, -0.25) is 4.79 Å². The number of carbonyl (C=O) groups excluding carboxylic acids is 1. The fourth-order valence-corrected chi connectivity index (χ4v) is 4.52. The summed E-state index contributed by atoms with van der Waals surface area (Å²) >= 11 is 0. The maximum absolute atomic E-state index is 14.8. The number of piperidine rings is 1. The molecule has 0 N–H and O–H groups in total. The molecule has 0 aliphatic carbocycles. The van der Waals surface area contributed by atoms with E-state index in [1.807, 2.05) is 32.0 Å². The average Bonchev–Trinajstić information content (AvgIpc) is 3.28. The molecule has 1 amide bonds. The number of anilines is 2. The fraction of sp³-hybridized carbons (Fsp3) is 0.409. The first-order chi connectivity index (χ1) is 15.4. The summed E-state index contributed by atoms with van der Waals surface area (Å²) in [6.45, 7) is 3.97. The summed E-state index contributed by atoms with van der Waals surface area (Å²) in [5.74, 6) is 1.11. The largest absolute Gasteiger partial charge is 0.351 e. The summed E-state index contributed by atoms with van der Waals surface area (Å²) in [4.78, 5) is 29.7. The highest BCUT2D eigenvalue weighted by Gasteiger charge is 2.45. The van der Waals surface area contributed by atoms with Crippen molar-refractivity contribution in [3.05, 3.63) is 53.7 Å². The van der Waals surface area contributed by atoms with Crippen LogP contribution in [0.4, 0.5) is 16.2 Å². The van der Waals surface area contributed by atoms with Crippen molar-refractivity contribution in [2.75, 3.05) is 43.5 Å². The van der Waals surface area contributed by atoms with Crippen LogP contribution < -0.4 is 9.80 Å². The Bertz CT molecular complexity index is 1150. The Balaban J connectivity index is 1.40. The molecule has 2 aliphatic heterocycles. The molecular formula is C22H25FN8O. The van der Waals surface area contributed by atoms with Crippen LogP contribution in [0.1, 0.15) is 22.5 Å². The molecule has 9 nitrogen and oxygen atoms in total. The van der Waals surface area contributed by atoms with Crippen LogP contribution in [-0.2, 0) is 0 Å². The zero-order valence-corrected chi connectivity index (χ0v) is 18.3. The smallest absolute Gasteiger partial charge is 0.259 e. The van der Waals surface area contributed by atoms with Crippen molar-refractivity contribution in [3.8, 4) is 5.69 Å². The Morgan fingerprint density at radius 2 is 1.94 bits per heavy atom. The number of likely N-dealkylation sites (tertiary alicyclic amines) is 1. The molecule has 0 spiro atoms. The first kappa shape index (κ1) is 20.3. The predicted molar refractivity (Wildman–Crippen MR) is 118 cm³/mol. The van der Waals surface area contributed by atoms with Crippen molar-refractivity contribution >= 4 is 17.7 Å². The third kappa shape index (κ3) is 3.45. The standard InChI is InChI=1S/C22H25FN8O/c1-14-11-19(27-22(26-14)28(2)3)30-12-15-7-10-29(13-18(15)30)21(32)20-16(23)5-4-6-17(20)31-24-8-9-25-31/h4-6,8-9,11,15,18H,7,10,12-13H2,1-3H3/t15-,18-/m0/s1. The van der Waals surface area contributed by atoms with Crippen molar-refractivity contribution in [3.63, 3.8) is 0 Å². The summed E-state index contributed by atoms with van der Waals surface area (Å²) in [7, 11) is 3.83. The zero-order valence-electron chi connectivity index (χ0n) is 18.3. The van der Waals surface area contributed by atoms with E-state index in [-0.39, 0.29) is 17.5 Å². The van der Waals surface area contributed by atoms with Crippen LogP contribution in [0.15, 0.2) is 36.7 Å². The lowest BCUT2D eigenvalue weighted by atomic mass is 9.82.